The van der Waals surface area contributed by atoms with Crippen LogP contribution in [-0.4, -0.2) is 5.91 Å². The number of rotatable bonds is 3. The van der Waals surface area contributed by atoms with Gasteiger partial charge in [0.1, 0.15) is 0 Å². The fraction of sp³-hybridized carbons (Fsp3) is 0.0667. The molecule has 2 rings (SSSR count). The topological polar surface area (TPSA) is 52.9 Å². The van der Waals surface area contributed by atoms with Gasteiger partial charge in [-0.15, -0.1) is 12.6 Å². The SMILES string of the molecule is N#Cc1cccc(CNC(=O)c2ccc(S)cc2)c1. The summed E-state index contributed by atoms with van der Waals surface area (Å²) in [7, 11) is 0. The number of nitriles is 1. The van der Waals surface area contributed by atoms with Crippen molar-refractivity contribution in [3.63, 3.8) is 0 Å². The van der Waals surface area contributed by atoms with Crippen molar-refractivity contribution < 1.29 is 4.79 Å². The summed E-state index contributed by atoms with van der Waals surface area (Å²) in [6, 6.07) is 16.2. The van der Waals surface area contributed by atoms with Gasteiger partial charge < -0.3 is 5.32 Å². The average Bonchev–Trinajstić information content (AvgIpc) is 2.46. The van der Waals surface area contributed by atoms with Gasteiger partial charge in [-0.2, -0.15) is 5.26 Å². The minimum absolute atomic E-state index is 0.143. The van der Waals surface area contributed by atoms with Gasteiger partial charge in [-0.05, 0) is 42.0 Å². The molecule has 19 heavy (non-hydrogen) atoms. The molecule has 0 spiro atoms. The van der Waals surface area contributed by atoms with Crippen molar-refractivity contribution in [1.29, 1.82) is 5.26 Å². The Labute approximate surface area is 117 Å². The fourth-order valence-electron chi connectivity index (χ4n) is 1.65. The average molecular weight is 268 g/mol. The first-order chi connectivity index (χ1) is 9.19. The molecule has 0 saturated heterocycles. The molecule has 0 bridgehead atoms. The first-order valence-electron chi connectivity index (χ1n) is 5.75. The van der Waals surface area contributed by atoms with Crippen LogP contribution in [0.1, 0.15) is 21.5 Å². The molecule has 0 heterocycles. The van der Waals surface area contributed by atoms with Gasteiger partial charge in [-0.1, -0.05) is 12.1 Å². The standard InChI is InChI=1S/C15H12N2OS/c16-9-11-2-1-3-12(8-11)10-17-15(18)13-4-6-14(19)7-5-13/h1-8,19H,10H2,(H,17,18). The highest BCUT2D eigenvalue weighted by atomic mass is 32.1. The third-order valence-corrected chi connectivity index (χ3v) is 2.94. The first-order valence-corrected chi connectivity index (χ1v) is 6.20. The van der Waals surface area contributed by atoms with Crippen molar-refractivity contribution in [3.05, 3.63) is 65.2 Å². The second-order valence-electron chi connectivity index (χ2n) is 4.04. The number of nitrogens with zero attached hydrogens (tertiary/aromatic N) is 1. The van der Waals surface area contributed by atoms with Gasteiger partial charge in [0.05, 0.1) is 11.6 Å². The maximum atomic E-state index is 11.9. The van der Waals surface area contributed by atoms with Gasteiger partial charge in [-0.3, -0.25) is 4.79 Å². The Morgan fingerprint density at radius 3 is 2.63 bits per heavy atom. The van der Waals surface area contributed by atoms with E-state index in [1.54, 1.807) is 42.5 Å². The molecule has 0 aliphatic heterocycles. The van der Waals surface area contributed by atoms with E-state index in [2.05, 4.69) is 24.0 Å². The summed E-state index contributed by atoms with van der Waals surface area (Å²) in [5, 5.41) is 11.6. The van der Waals surface area contributed by atoms with Crippen molar-refractivity contribution >= 4 is 18.5 Å². The lowest BCUT2D eigenvalue weighted by Crippen LogP contribution is -2.22. The van der Waals surface area contributed by atoms with Crippen LogP contribution < -0.4 is 5.32 Å². The number of carbonyl (C=O) groups excluding carboxylic acids is 1. The molecule has 94 valence electrons. The van der Waals surface area contributed by atoms with E-state index in [-0.39, 0.29) is 5.91 Å². The lowest BCUT2D eigenvalue weighted by molar-refractivity contribution is 0.0951. The highest BCUT2D eigenvalue weighted by molar-refractivity contribution is 7.80. The van der Waals surface area contributed by atoms with Crippen molar-refractivity contribution in [2.45, 2.75) is 11.4 Å². The molecule has 0 atom stereocenters. The molecular weight excluding hydrogens is 256 g/mol. The smallest absolute Gasteiger partial charge is 0.251 e. The zero-order valence-electron chi connectivity index (χ0n) is 10.1. The van der Waals surface area contributed by atoms with E-state index in [0.717, 1.165) is 10.5 Å². The first kappa shape index (κ1) is 13.2. The number of hydrogen-bond donors (Lipinski definition) is 2. The Balaban J connectivity index is 2.00. The molecule has 4 heteroatoms. The largest absolute Gasteiger partial charge is 0.348 e. The second kappa shape index (κ2) is 6.07. The molecule has 0 aliphatic carbocycles. The quantitative estimate of drug-likeness (QED) is 0.841. The molecule has 0 aromatic heterocycles. The summed E-state index contributed by atoms with van der Waals surface area (Å²) in [5.74, 6) is -0.143. The van der Waals surface area contributed by atoms with Gasteiger partial charge in [0.2, 0.25) is 0 Å². The molecule has 1 N–H and O–H groups in total. The van der Waals surface area contributed by atoms with Crippen LogP contribution >= 0.6 is 12.6 Å². The Kier molecular flexibility index (Phi) is 4.22. The molecule has 0 fully saturated rings. The lowest BCUT2D eigenvalue weighted by Gasteiger charge is -2.06. The summed E-state index contributed by atoms with van der Waals surface area (Å²) >= 11 is 4.17. The molecular formula is C15H12N2OS. The normalized spacial score (nSPS) is 9.68. The van der Waals surface area contributed by atoms with Crippen LogP contribution in [-0.2, 0) is 6.54 Å². The predicted octanol–water partition coefficient (Wildman–Crippen LogP) is 2.78. The maximum Gasteiger partial charge on any atom is 0.251 e. The number of hydrogen-bond acceptors (Lipinski definition) is 3. The number of carbonyl (C=O) groups is 1. The van der Waals surface area contributed by atoms with Crippen LogP contribution in [0.5, 0.6) is 0 Å². The van der Waals surface area contributed by atoms with Crippen LogP contribution in [0.2, 0.25) is 0 Å². The van der Waals surface area contributed by atoms with Gasteiger partial charge in [0, 0.05) is 17.0 Å². The fourth-order valence-corrected chi connectivity index (χ4v) is 1.80. The van der Waals surface area contributed by atoms with E-state index >= 15 is 0 Å². The van der Waals surface area contributed by atoms with Gasteiger partial charge in [0.15, 0.2) is 0 Å². The van der Waals surface area contributed by atoms with Crippen molar-refractivity contribution in [2.24, 2.45) is 0 Å². The van der Waals surface area contributed by atoms with Crippen LogP contribution in [0.15, 0.2) is 53.4 Å². The van der Waals surface area contributed by atoms with Crippen molar-refractivity contribution in [3.8, 4) is 6.07 Å². The summed E-state index contributed by atoms with van der Waals surface area (Å²) in [5.41, 5.74) is 2.08. The molecule has 2 aromatic rings. The monoisotopic (exact) mass is 268 g/mol. The van der Waals surface area contributed by atoms with Crippen molar-refractivity contribution in [1.82, 2.24) is 5.32 Å². The summed E-state index contributed by atoms with van der Waals surface area (Å²) in [4.78, 5) is 12.7. The van der Waals surface area contributed by atoms with Crippen LogP contribution in [0.4, 0.5) is 0 Å². The zero-order valence-corrected chi connectivity index (χ0v) is 11.0. The van der Waals surface area contributed by atoms with Gasteiger partial charge in [-0.25, -0.2) is 0 Å². The third kappa shape index (κ3) is 3.60. The molecule has 1 amide bonds. The highest BCUT2D eigenvalue weighted by Gasteiger charge is 2.04. The summed E-state index contributed by atoms with van der Waals surface area (Å²) in [6.07, 6.45) is 0. The zero-order chi connectivity index (χ0) is 13.7. The van der Waals surface area contributed by atoms with E-state index in [9.17, 15) is 4.79 Å². The van der Waals surface area contributed by atoms with Crippen LogP contribution in [0, 0.1) is 11.3 Å². The Bertz CT molecular complexity index is 629. The van der Waals surface area contributed by atoms with E-state index in [4.69, 9.17) is 5.26 Å². The highest BCUT2D eigenvalue weighted by Crippen LogP contribution is 2.08. The maximum absolute atomic E-state index is 11.9. The molecule has 0 unspecified atom stereocenters. The summed E-state index contributed by atoms with van der Waals surface area (Å²) < 4.78 is 0. The van der Waals surface area contributed by atoms with Crippen LogP contribution in [0.3, 0.4) is 0 Å². The number of amides is 1. The van der Waals surface area contributed by atoms with E-state index in [1.165, 1.54) is 0 Å². The van der Waals surface area contributed by atoms with Crippen LogP contribution in [0.25, 0.3) is 0 Å². The molecule has 0 radical (unpaired) electrons. The van der Waals surface area contributed by atoms with E-state index in [1.807, 2.05) is 6.07 Å². The minimum atomic E-state index is -0.143. The third-order valence-electron chi connectivity index (χ3n) is 2.64. The Morgan fingerprint density at radius 2 is 1.95 bits per heavy atom. The Hall–Kier alpha value is -2.25. The molecule has 2 aromatic carbocycles. The minimum Gasteiger partial charge on any atom is -0.348 e. The lowest BCUT2D eigenvalue weighted by atomic mass is 10.1. The number of benzene rings is 2. The van der Waals surface area contributed by atoms with E-state index < -0.39 is 0 Å². The number of nitrogens with one attached hydrogen (secondary N) is 1. The molecule has 3 nitrogen and oxygen atoms in total. The van der Waals surface area contributed by atoms with Gasteiger partial charge >= 0.3 is 0 Å². The summed E-state index contributed by atoms with van der Waals surface area (Å²) in [6.45, 7) is 0.400. The van der Waals surface area contributed by atoms with Gasteiger partial charge in [0.25, 0.3) is 5.91 Å². The predicted molar refractivity (Wildman–Crippen MR) is 76.0 cm³/mol. The molecule has 0 saturated carbocycles. The van der Waals surface area contributed by atoms with E-state index in [0.29, 0.717) is 17.7 Å². The molecule has 0 aliphatic rings. The van der Waals surface area contributed by atoms with Crippen molar-refractivity contribution in [2.75, 3.05) is 0 Å². The second-order valence-corrected chi connectivity index (χ2v) is 4.56. The Morgan fingerprint density at radius 1 is 1.21 bits per heavy atom. The number of thiol groups is 1.